The van der Waals surface area contributed by atoms with Crippen LogP contribution in [0.2, 0.25) is 4.34 Å². The predicted octanol–water partition coefficient (Wildman–Crippen LogP) is 3.03. The molecule has 2 rings (SSSR count). The van der Waals surface area contributed by atoms with E-state index in [0.717, 1.165) is 34.2 Å². The Bertz CT molecular complexity index is 349. The highest BCUT2D eigenvalue weighted by Gasteiger charge is 2.23. The van der Waals surface area contributed by atoms with Gasteiger partial charge in [-0.2, -0.15) is 0 Å². The summed E-state index contributed by atoms with van der Waals surface area (Å²) in [4.78, 5) is 12.8. The van der Waals surface area contributed by atoms with Gasteiger partial charge in [-0.1, -0.05) is 18.0 Å². The van der Waals surface area contributed by atoms with Crippen LogP contribution in [-0.4, -0.2) is 18.4 Å². The van der Waals surface area contributed by atoms with Crippen LogP contribution >= 0.6 is 22.9 Å². The average Bonchev–Trinajstić information content (AvgIpc) is 2.59. The third-order valence-corrected chi connectivity index (χ3v) is 4.30. The quantitative estimate of drug-likeness (QED) is 0.809. The third kappa shape index (κ3) is 2.41. The lowest BCUT2D eigenvalue weighted by atomic mass is 10.0. The topological polar surface area (TPSA) is 29.1 Å². The van der Waals surface area contributed by atoms with Gasteiger partial charge in [0.25, 0.3) is 0 Å². The molecular formula is C11H14ClNOS. The number of carbonyl (C=O) groups is 1. The van der Waals surface area contributed by atoms with Gasteiger partial charge in [0.2, 0.25) is 0 Å². The van der Waals surface area contributed by atoms with Crippen molar-refractivity contribution in [3.8, 4) is 0 Å². The Morgan fingerprint density at radius 3 is 2.93 bits per heavy atom. The lowest BCUT2D eigenvalue weighted by Crippen LogP contribution is -2.40. The number of piperidine rings is 1. The largest absolute Gasteiger partial charge is 0.307 e. The summed E-state index contributed by atoms with van der Waals surface area (Å²) >= 11 is 7.35. The second kappa shape index (κ2) is 4.64. The molecule has 1 N–H and O–H groups in total. The lowest BCUT2D eigenvalue weighted by Gasteiger charge is -2.21. The maximum atomic E-state index is 12.1. The molecule has 82 valence electrons. The summed E-state index contributed by atoms with van der Waals surface area (Å²) in [7, 11) is 0. The van der Waals surface area contributed by atoms with Gasteiger partial charge in [0.05, 0.1) is 15.3 Å². The Hall–Kier alpha value is -0.380. The van der Waals surface area contributed by atoms with Gasteiger partial charge in [-0.05, 0) is 37.9 Å². The molecule has 1 fully saturated rings. The fourth-order valence-corrected chi connectivity index (χ4v) is 3.02. The van der Waals surface area contributed by atoms with Crippen molar-refractivity contribution in [2.24, 2.45) is 0 Å². The Labute approximate surface area is 98.6 Å². The predicted molar refractivity (Wildman–Crippen MR) is 64.0 cm³/mol. The Balaban J connectivity index is 2.12. The zero-order valence-corrected chi connectivity index (χ0v) is 10.3. The molecule has 4 heteroatoms. The van der Waals surface area contributed by atoms with Crippen LogP contribution in [0.25, 0.3) is 0 Å². The van der Waals surface area contributed by atoms with Crippen LogP contribution < -0.4 is 5.32 Å². The first-order chi connectivity index (χ1) is 7.18. The fraction of sp³-hybridized carbons (Fsp3) is 0.545. The molecule has 1 aromatic heterocycles. The van der Waals surface area contributed by atoms with E-state index in [9.17, 15) is 4.79 Å². The molecule has 2 heterocycles. The highest BCUT2D eigenvalue weighted by molar-refractivity contribution is 7.18. The van der Waals surface area contributed by atoms with E-state index in [4.69, 9.17) is 11.6 Å². The number of rotatable bonds is 2. The van der Waals surface area contributed by atoms with E-state index in [0.29, 0.717) is 0 Å². The lowest BCUT2D eigenvalue weighted by molar-refractivity contribution is 0.0931. The Morgan fingerprint density at radius 1 is 1.60 bits per heavy atom. The van der Waals surface area contributed by atoms with Crippen LogP contribution in [0.15, 0.2) is 6.07 Å². The second-order valence-corrected chi connectivity index (χ2v) is 5.59. The fourth-order valence-electron chi connectivity index (χ4n) is 1.83. The van der Waals surface area contributed by atoms with Crippen molar-refractivity contribution < 1.29 is 4.79 Å². The first-order valence-electron chi connectivity index (χ1n) is 5.22. The molecule has 15 heavy (non-hydrogen) atoms. The Morgan fingerprint density at radius 2 is 2.40 bits per heavy atom. The molecule has 0 aromatic carbocycles. The van der Waals surface area contributed by atoms with Crippen molar-refractivity contribution in [3.63, 3.8) is 0 Å². The van der Waals surface area contributed by atoms with Gasteiger partial charge in [0, 0.05) is 0 Å². The summed E-state index contributed by atoms with van der Waals surface area (Å²) in [5, 5.41) is 3.26. The third-order valence-electron chi connectivity index (χ3n) is 2.73. The van der Waals surface area contributed by atoms with Crippen LogP contribution in [-0.2, 0) is 0 Å². The summed E-state index contributed by atoms with van der Waals surface area (Å²) in [5.74, 6) is 0.203. The van der Waals surface area contributed by atoms with Crippen molar-refractivity contribution in [1.29, 1.82) is 0 Å². The highest BCUT2D eigenvalue weighted by Crippen LogP contribution is 2.28. The SMILES string of the molecule is Cc1cc(C(=O)C2CCCCN2)sc1Cl. The van der Waals surface area contributed by atoms with Gasteiger partial charge in [0.15, 0.2) is 5.78 Å². The number of Topliss-reactive ketones (excluding diaryl/α,β-unsaturated/α-hetero) is 1. The van der Waals surface area contributed by atoms with Crippen molar-refractivity contribution in [2.75, 3.05) is 6.54 Å². The van der Waals surface area contributed by atoms with Crippen molar-refractivity contribution in [2.45, 2.75) is 32.2 Å². The molecule has 1 saturated heterocycles. The number of hydrogen-bond donors (Lipinski definition) is 1. The van der Waals surface area contributed by atoms with Gasteiger partial charge >= 0.3 is 0 Å². The minimum absolute atomic E-state index is 0.00728. The highest BCUT2D eigenvalue weighted by atomic mass is 35.5. The van der Waals surface area contributed by atoms with Crippen LogP contribution in [0.5, 0.6) is 0 Å². The van der Waals surface area contributed by atoms with Crippen molar-refractivity contribution in [1.82, 2.24) is 5.32 Å². The van der Waals surface area contributed by atoms with E-state index in [-0.39, 0.29) is 11.8 Å². The number of carbonyl (C=O) groups excluding carboxylic acids is 1. The molecule has 0 spiro atoms. The molecule has 0 saturated carbocycles. The van der Waals surface area contributed by atoms with Gasteiger partial charge in [-0.25, -0.2) is 0 Å². The zero-order chi connectivity index (χ0) is 10.8. The number of nitrogens with one attached hydrogen (secondary N) is 1. The molecule has 0 radical (unpaired) electrons. The molecule has 2 nitrogen and oxygen atoms in total. The second-order valence-electron chi connectivity index (χ2n) is 3.93. The minimum atomic E-state index is 0.00728. The molecule has 0 bridgehead atoms. The number of thiophene rings is 1. The van der Waals surface area contributed by atoms with Gasteiger partial charge in [-0.15, -0.1) is 11.3 Å². The van der Waals surface area contributed by atoms with Crippen LogP contribution in [0.1, 0.15) is 34.5 Å². The van der Waals surface area contributed by atoms with Gasteiger partial charge < -0.3 is 5.32 Å². The summed E-state index contributed by atoms with van der Waals surface area (Å²) in [6.45, 7) is 2.89. The molecule has 0 amide bonds. The summed E-state index contributed by atoms with van der Waals surface area (Å²) in [5.41, 5.74) is 1.00. The standard InChI is InChI=1S/C11H14ClNOS/c1-7-6-9(15-11(7)12)10(14)8-4-2-3-5-13-8/h6,8,13H,2-5H2,1H3. The summed E-state index contributed by atoms with van der Waals surface area (Å²) in [6.07, 6.45) is 3.27. The van der Waals surface area contributed by atoms with E-state index in [2.05, 4.69) is 5.32 Å². The van der Waals surface area contributed by atoms with E-state index in [1.54, 1.807) is 0 Å². The maximum absolute atomic E-state index is 12.1. The molecule has 0 aliphatic carbocycles. The van der Waals surface area contributed by atoms with E-state index >= 15 is 0 Å². The van der Waals surface area contributed by atoms with Crippen molar-refractivity contribution >= 4 is 28.7 Å². The zero-order valence-electron chi connectivity index (χ0n) is 8.68. The summed E-state index contributed by atoms with van der Waals surface area (Å²) < 4.78 is 0.731. The first-order valence-corrected chi connectivity index (χ1v) is 6.41. The smallest absolute Gasteiger partial charge is 0.189 e. The van der Waals surface area contributed by atoms with E-state index in [1.165, 1.54) is 17.8 Å². The molecule has 1 atom stereocenters. The van der Waals surface area contributed by atoms with Gasteiger partial charge in [0.1, 0.15) is 0 Å². The van der Waals surface area contributed by atoms with E-state index < -0.39 is 0 Å². The monoisotopic (exact) mass is 243 g/mol. The van der Waals surface area contributed by atoms with Crippen LogP contribution in [0, 0.1) is 6.92 Å². The number of hydrogen-bond acceptors (Lipinski definition) is 3. The van der Waals surface area contributed by atoms with Crippen LogP contribution in [0.4, 0.5) is 0 Å². The van der Waals surface area contributed by atoms with Crippen molar-refractivity contribution in [3.05, 3.63) is 20.8 Å². The van der Waals surface area contributed by atoms with E-state index in [1.807, 2.05) is 13.0 Å². The number of ketones is 1. The molecule has 1 aliphatic rings. The molecule has 1 aromatic rings. The molecule has 1 unspecified atom stereocenters. The number of aryl methyl sites for hydroxylation is 1. The number of halogens is 1. The average molecular weight is 244 g/mol. The molecule has 1 aliphatic heterocycles. The normalized spacial score (nSPS) is 21.6. The molecular weight excluding hydrogens is 230 g/mol. The minimum Gasteiger partial charge on any atom is -0.307 e. The van der Waals surface area contributed by atoms with Gasteiger partial charge in [-0.3, -0.25) is 4.79 Å². The first kappa shape index (κ1) is 11.1. The summed E-state index contributed by atoms with van der Waals surface area (Å²) in [6, 6.07) is 1.90. The maximum Gasteiger partial charge on any atom is 0.189 e. The van der Waals surface area contributed by atoms with Crippen LogP contribution in [0.3, 0.4) is 0 Å². The Kier molecular flexibility index (Phi) is 3.44.